The van der Waals surface area contributed by atoms with Crippen molar-refractivity contribution in [1.82, 2.24) is 0 Å². The number of ether oxygens (including phenoxy) is 4. The summed E-state index contributed by atoms with van der Waals surface area (Å²) < 4.78 is 53.9. The Balaban J connectivity index is 2.46. The van der Waals surface area contributed by atoms with E-state index < -0.39 is 71.2 Å². The Morgan fingerprint density at radius 3 is 1.54 bits per heavy atom. The smallest absolute Gasteiger partial charge is 0.306 e. The van der Waals surface area contributed by atoms with Crippen molar-refractivity contribution in [1.29, 1.82) is 0 Å². The number of aliphatic hydroxyl groups excluding tert-OH is 3. The van der Waals surface area contributed by atoms with Gasteiger partial charge in [-0.05, 0) is 57.8 Å². The van der Waals surface area contributed by atoms with Crippen LogP contribution in [0.25, 0.3) is 0 Å². The van der Waals surface area contributed by atoms with Crippen LogP contribution in [0, 0.1) is 0 Å². The summed E-state index contributed by atoms with van der Waals surface area (Å²) in [6.07, 6.45) is 26.6. The van der Waals surface area contributed by atoms with Crippen LogP contribution in [-0.2, 0) is 38.7 Å². The molecule has 0 aromatic rings. The highest BCUT2D eigenvalue weighted by atomic mass is 32.2. The lowest BCUT2D eigenvalue weighted by atomic mass is 10.00. The van der Waals surface area contributed by atoms with E-state index in [2.05, 4.69) is 38.2 Å². The molecule has 1 heterocycles. The average molecular weight is 819 g/mol. The molecule has 4 N–H and O–H groups in total. The van der Waals surface area contributed by atoms with Crippen molar-refractivity contribution < 1.29 is 56.8 Å². The third-order valence-electron chi connectivity index (χ3n) is 10.0. The van der Waals surface area contributed by atoms with E-state index in [1.807, 2.05) is 0 Å². The first-order valence-corrected chi connectivity index (χ1v) is 23.5. The average Bonchev–Trinajstić information content (AvgIpc) is 3.16. The van der Waals surface area contributed by atoms with E-state index in [1.54, 1.807) is 0 Å². The van der Waals surface area contributed by atoms with Crippen molar-refractivity contribution in [3.63, 3.8) is 0 Å². The fourth-order valence-electron chi connectivity index (χ4n) is 6.53. The summed E-state index contributed by atoms with van der Waals surface area (Å²) in [7, 11) is -4.60. The molecule has 6 unspecified atom stereocenters. The SMILES string of the molecule is CCCC/C=C\CCCCCCCC(=O)OCC(COC1OC(CS(=O)(=O)O)C(O)C(O)C1O)OC(=O)CCCCCCCCC/C=C\CCCCCCCC. The highest BCUT2D eigenvalue weighted by Crippen LogP contribution is 2.24. The summed E-state index contributed by atoms with van der Waals surface area (Å²) in [5, 5.41) is 30.8. The van der Waals surface area contributed by atoms with Gasteiger partial charge in [0.1, 0.15) is 36.8 Å². The van der Waals surface area contributed by atoms with Crippen molar-refractivity contribution in [2.24, 2.45) is 0 Å². The van der Waals surface area contributed by atoms with Gasteiger partial charge in [-0.1, -0.05) is 134 Å². The second kappa shape index (κ2) is 34.0. The lowest BCUT2D eigenvalue weighted by Crippen LogP contribution is -2.60. The topological polar surface area (TPSA) is 186 Å². The zero-order valence-corrected chi connectivity index (χ0v) is 35.6. The van der Waals surface area contributed by atoms with E-state index in [0.717, 1.165) is 70.6 Å². The van der Waals surface area contributed by atoms with Crippen LogP contribution in [0.5, 0.6) is 0 Å². The number of carbonyl (C=O) groups excluding carboxylic acids is 2. The van der Waals surface area contributed by atoms with Crippen LogP contribution in [0.2, 0.25) is 0 Å². The molecule has 6 atom stereocenters. The van der Waals surface area contributed by atoms with Gasteiger partial charge in [0.05, 0.1) is 6.61 Å². The third-order valence-corrected chi connectivity index (χ3v) is 10.8. The summed E-state index contributed by atoms with van der Waals surface area (Å²) in [6, 6.07) is 0. The van der Waals surface area contributed by atoms with Crippen LogP contribution in [0.1, 0.15) is 181 Å². The zero-order chi connectivity index (χ0) is 41.3. The number of esters is 2. The second-order valence-corrected chi connectivity index (χ2v) is 16.9. The molecule has 0 aromatic heterocycles. The monoisotopic (exact) mass is 819 g/mol. The highest BCUT2D eigenvalue weighted by molar-refractivity contribution is 7.85. The maximum Gasteiger partial charge on any atom is 0.306 e. The number of unbranched alkanes of at least 4 members (excludes halogenated alkanes) is 20. The van der Waals surface area contributed by atoms with Gasteiger partial charge in [-0.3, -0.25) is 14.1 Å². The molecule has 1 saturated heterocycles. The first kappa shape index (κ1) is 52.1. The number of allylic oxidation sites excluding steroid dienone is 4. The maximum absolute atomic E-state index is 12.8. The summed E-state index contributed by atoms with van der Waals surface area (Å²) in [5.74, 6) is -2.00. The van der Waals surface area contributed by atoms with Crippen LogP contribution in [0.3, 0.4) is 0 Å². The van der Waals surface area contributed by atoms with Crippen LogP contribution >= 0.6 is 0 Å². The summed E-state index contributed by atoms with van der Waals surface area (Å²) >= 11 is 0. The molecule has 0 spiro atoms. The molecule has 0 radical (unpaired) electrons. The molecule has 328 valence electrons. The minimum Gasteiger partial charge on any atom is -0.462 e. The van der Waals surface area contributed by atoms with E-state index in [-0.39, 0.29) is 19.4 Å². The quantitative estimate of drug-likeness (QED) is 0.0205. The fourth-order valence-corrected chi connectivity index (χ4v) is 7.22. The summed E-state index contributed by atoms with van der Waals surface area (Å²) in [4.78, 5) is 25.3. The van der Waals surface area contributed by atoms with Gasteiger partial charge < -0.3 is 34.3 Å². The molecule has 13 heteroatoms. The van der Waals surface area contributed by atoms with Crippen molar-refractivity contribution >= 4 is 22.1 Å². The zero-order valence-electron chi connectivity index (χ0n) is 34.7. The van der Waals surface area contributed by atoms with Crippen LogP contribution in [0.15, 0.2) is 24.3 Å². The Hall–Kier alpha value is -1.87. The molecule has 1 fully saturated rings. The van der Waals surface area contributed by atoms with E-state index in [9.17, 15) is 37.9 Å². The molecular formula is C43H78O12S. The van der Waals surface area contributed by atoms with E-state index >= 15 is 0 Å². The number of rotatable bonds is 36. The van der Waals surface area contributed by atoms with E-state index in [1.165, 1.54) is 70.6 Å². The normalized spacial score (nSPS) is 20.9. The van der Waals surface area contributed by atoms with Crippen LogP contribution < -0.4 is 0 Å². The molecule has 0 saturated carbocycles. The lowest BCUT2D eigenvalue weighted by Gasteiger charge is -2.40. The van der Waals surface area contributed by atoms with Gasteiger partial charge in [-0.25, -0.2) is 0 Å². The van der Waals surface area contributed by atoms with Gasteiger partial charge in [-0.2, -0.15) is 8.42 Å². The molecule has 1 aliphatic rings. The van der Waals surface area contributed by atoms with Gasteiger partial charge in [-0.15, -0.1) is 0 Å². The number of aliphatic hydroxyl groups is 3. The first-order valence-electron chi connectivity index (χ1n) is 21.9. The molecule has 0 aliphatic carbocycles. The molecule has 56 heavy (non-hydrogen) atoms. The molecule has 0 amide bonds. The summed E-state index contributed by atoms with van der Waals surface area (Å²) in [6.45, 7) is 3.70. The molecule has 0 aromatic carbocycles. The van der Waals surface area contributed by atoms with Gasteiger partial charge in [0.25, 0.3) is 10.1 Å². The van der Waals surface area contributed by atoms with Crippen LogP contribution in [-0.4, -0.2) is 96.0 Å². The van der Waals surface area contributed by atoms with E-state index in [0.29, 0.717) is 12.8 Å². The Morgan fingerprint density at radius 1 is 0.589 bits per heavy atom. The third kappa shape index (κ3) is 28.5. The Bertz CT molecular complexity index is 1140. The Labute approximate surface area is 338 Å². The van der Waals surface area contributed by atoms with Gasteiger partial charge in [0.15, 0.2) is 12.4 Å². The van der Waals surface area contributed by atoms with Crippen molar-refractivity contribution in [2.45, 2.75) is 218 Å². The minimum atomic E-state index is -4.60. The number of carbonyl (C=O) groups is 2. The molecule has 0 bridgehead atoms. The van der Waals surface area contributed by atoms with Gasteiger partial charge in [0.2, 0.25) is 0 Å². The van der Waals surface area contributed by atoms with Crippen molar-refractivity contribution in [3.8, 4) is 0 Å². The number of hydrogen-bond acceptors (Lipinski definition) is 11. The molecule has 12 nitrogen and oxygen atoms in total. The van der Waals surface area contributed by atoms with Crippen molar-refractivity contribution in [2.75, 3.05) is 19.0 Å². The minimum absolute atomic E-state index is 0.159. The van der Waals surface area contributed by atoms with Gasteiger partial charge >= 0.3 is 11.9 Å². The summed E-state index contributed by atoms with van der Waals surface area (Å²) in [5.41, 5.74) is 0. The molecule has 1 rings (SSSR count). The predicted octanol–water partition coefficient (Wildman–Crippen LogP) is 8.45. The maximum atomic E-state index is 12.8. The molecular weight excluding hydrogens is 741 g/mol. The van der Waals surface area contributed by atoms with Gasteiger partial charge in [0, 0.05) is 12.8 Å². The first-order chi connectivity index (χ1) is 27.0. The standard InChI is InChI=1S/C43H78O12S/c1-3-5-7-9-11-13-15-16-17-18-19-20-22-24-26-28-30-32-39(45)54-36(33-52-38(44)31-29-27-25-23-21-14-12-10-8-6-4-2)34-53-43-42(48)41(47)40(46)37(55-43)35-56(49,50)51/h10,12,16-17,36-37,40-43,46-48H,3-9,11,13-15,18-35H2,1-2H3,(H,49,50,51)/b12-10-,17-16-. The Morgan fingerprint density at radius 2 is 1.04 bits per heavy atom. The predicted molar refractivity (Wildman–Crippen MR) is 220 cm³/mol. The second-order valence-electron chi connectivity index (χ2n) is 15.4. The number of hydrogen-bond donors (Lipinski definition) is 4. The largest absolute Gasteiger partial charge is 0.462 e. The molecule has 1 aliphatic heterocycles. The van der Waals surface area contributed by atoms with Crippen molar-refractivity contribution in [3.05, 3.63) is 24.3 Å². The van der Waals surface area contributed by atoms with Crippen LogP contribution in [0.4, 0.5) is 0 Å². The fraction of sp³-hybridized carbons (Fsp3) is 0.860. The van der Waals surface area contributed by atoms with E-state index in [4.69, 9.17) is 18.9 Å². The Kier molecular flexibility index (Phi) is 31.7. The highest BCUT2D eigenvalue weighted by Gasteiger charge is 2.46. The lowest BCUT2D eigenvalue weighted by molar-refractivity contribution is -0.297.